The molecule has 2 aromatic rings. The summed E-state index contributed by atoms with van der Waals surface area (Å²) in [6.07, 6.45) is 4.60. The van der Waals surface area contributed by atoms with E-state index in [1.807, 2.05) is 24.3 Å². The number of hydrogen-bond acceptors (Lipinski definition) is 3. The summed E-state index contributed by atoms with van der Waals surface area (Å²) in [5.74, 6) is 0.528. The molecule has 1 amide bonds. The number of fused-ring (bicyclic) bond motifs is 1. The van der Waals surface area contributed by atoms with E-state index in [0.29, 0.717) is 12.4 Å². The molecular formula is C14H21ClN4O. The van der Waals surface area contributed by atoms with Gasteiger partial charge in [0.1, 0.15) is 0 Å². The molecule has 6 heteroatoms. The van der Waals surface area contributed by atoms with Crippen LogP contribution in [0.25, 0.3) is 11.0 Å². The Balaban J connectivity index is 0.00000200. The number of nitrogens with zero attached hydrogens (tertiary/aromatic N) is 1. The number of hydrogen-bond donors (Lipinski definition) is 3. The Hall–Kier alpha value is -1.59. The molecule has 0 unspecified atom stereocenters. The van der Waals surface area contributed by atoms with Crippen molar-refractivity contribution in [3.63, 3.8) is 0 Å². The van der Waals surface area contributed by atoms with Gasteiger partial charge in [0, 0.05) is 6.42 Å². The molecule has 2 rings (SSSR count). The molecule has 1 aromatic heterocycles. The van der Waals surface area contributed by atoms with Gasteiger partial charge in [-0.15, -0.1) is 12.4 Å². The Morgan fingerprint density at radius 2 is 1.95 bits per heavy atom. The topological polar surface area (TPSA) is 83.8 Å². The van der Waals surface area contributed by atoms with Crippen LogP contribution in [-0.4, -0.2) is 22.4 Å². The molecule has 0 bridgehead atoms. The van der Waals surface area contributed by atoms with Crippen LogP contribution in [0.3, 0.4) is 0 Å². The second-order valence-corrected chi connectivity index (χ2v) is 4.60. The van der Waals surface area contributed by atoms with Crippen LogP contribution in [0.4, 0.5) is 5.95 Å². The number of anilines is 1. The van der Waals surface area contributed by atoms with Crippen LogP contribution in [0, 0.1) is 0 Å². The van der Waals surface area contributed by atoms with Crippen molar-refractivity contribution in [3.8, 4) is 0 Å². The molecule has 0 atom stereocenters. The van der Waals surface area contributed by atoms with E-state index < -0.39 is 0 Å². The molecule has 1 aromatic carbocycles. The van der Waals surface area contributed by atoms with Crippen LogP contribution in [0.5, 0.6) is 0 Å². The van der Waals surface area contributed by atoms with Gasteiger partial charge in [-0.25, -0.2) is 4.98 Å². The van der Waals surface area contributed by atoms with E-state index in [1.165, 1.54) is 0 Å². The number of halogens is 1. The number of nitrogens with one attached hydrogen (secondary N) is 2. The van der Waals surface area contributed by atoms with Gasteiger partial charge in [0.05, 0.1) is 11.0 Å². The molecule has 0 saturated carbocycles. The van der Waals surface area contributed by atoms with Crippen LogP contribution >= 0.6 is 12.4 Å². The highest BCUT2D eigenvalue weighted by atomic mass is 35.5. The second kappa shape index (κ2) is 8.55. The maximum absolute atomic E-state index is 11.7. The number of aromatic nitrogens is 2. The van der Waals surface area contributed by atoms with Crippen LogP contribution in [-0.2, 0) is 4.79 Å². The van der Waals surface area contributed by atoms with Gasteiger partial charge in [-0.2, -0.15) is 0 Å². The fourth-order valence-electron chi connectivity index (χ4n) is 1.99. The lowest BCUT2D eigenvalue weighted by Crippen LogP contribution is -2.12. The molecular weight excluding hydrogens is 276 g/mol. The summed E-state index contributed by atoms with van der Waals surface area (Å²) >= 11 is 0. The number of rotatable bonds is 7. The van der Waals surface area contributed by atoms with E-state index in [0.717, 1.165) is 43.3 Å². The van der Waals surface area contributed by atoms with Crippen LogP contribution in [0.2, 0.25) is 0 Å². The molecule has 4 N–H and O–H groups in total. The maximum atomic E-state index is 11.7. The lowest BCUT2D eigenvalue weighted by atomic mass is 10.1. The van der Waals surface area contributed by atoms with E-state index in [2.05, 4.69) is 15.3 Å². The van der Waals surface area contributed by atoms with Crippen molar-refractivity contribution in [3.05, 3.63) is 24.3 Å². The average molecular weight is 297 g/mol. The quantitative estimate of drug-likeness (QED) is 0.687. The largest absolute Gasteiger partial charge is 0.330 e. The normalized spacial score (nSPS) is 10.2. The average Bonchev–Trinajstić information content (AvgIpc) is 2.80. The van der Waals surface area contributed by atoms with Gasteiger partial charge >= 0.3 is 0 Å². The van der Waals surface area contributed by atoms with Gasteiger partial charge in [0.25, 0.3) is 0 Å². The number of carbonyl (C=O) groups excluding carboxylic acids is 1. The van der Waals surface area contributed by atoms with Gasteiger partial charge in [0.2, 0.25) is 11.9 Å². The summed E-state index contributed by atoms with van der Waals surface area (Å²) < 4.78 is 0. The van der Waals surface area contributed by atoms with Crippen molar-refractivity contribution in [2.45, 2.75) is 32.1 Å². The summed E-state index contributed by atoms with van der Waals surface area (Å²) in [4.78, 5) is 19.1. The third-order valence-electron chi connectivity index (χ3n) is 3.01. The third-order valence-corrected chi connectivity index (χ3v) is 3.01. The maximum Gasteiger partial charge on any atom is 0.226 e. The monoisotopic (exact) mass is 296 g/mol. The molecule has 0 aliphatic rings. The number of aromatic amines is 1. The number of unbranched alkanes of at least 4 members (excludes halogenated alkanes) is 3. The fraction of sp³-hybridized carbons (Fsp3) is 0.429. The molecule has 1 heterocycles. The van der Waals surface area contributed by atoms with E-state index in [9.17, 15) is 4.79 Å². The lowest BCUT2D eigenvalue weighted by molar-refractivity contribution is -0.116. The van der Waals surface area contributed by atoms with Gasteiger partial charge < -0.3 is 10.7 Å². The highest BCUT2D eigenvalue weighted by molar-refractivity contribution is 5.90. The first kappa shape index (κ1) is 16.5. The van der Waals surface area contributed by atoms with Crippen molar-refractivity contribution in [2.75, 3.05) is 11.9 Å². The number of nitrogens with two attached hydrogens (primary N) is 1. The van der Waals surface area contributed by atoms with Crippen molar-refractivity contribution in [2.24, 2.45) is 5.73 Å². The van der Waals surface area contributed by atoms with Gasteiger partial charge in [0.15, 0.2) is 0 Å². The van der Waals surface area contributed by atoms with E-state index in [-0.39, 0.29) is 18.3 Å². The summed E-state index contributed by atoms with van der Waals surface area (Å²) in [6, 6.07) is 7.70. The van der Waals surface area contributed by atoms with E-state index in [1.54, 1.807) is 0 Å². The number of H-pyrrole nitrogens is 1. The molecule has 5 nitrogen and oxygen atoms in total. The number of imidazole rings is 1. The third kappa shape index (κ3) is 4.83. The molecule has 0 spiro atoms. The smallest absolute Gasteiger partial charge is 0.226 e. The zero-order valence-corrected chi connectivity index (χ0v) is 12.2. The molecule has 0 fully saturated rings. The Labute approximate surface area is 124 Å². The lowest BCUT2D eigenvalue weighted by Gasteiger charge is -2.01. The summed E-state index contributed by atoms with van der Waals surface area (Å²) in [5.41, 5.74) is 7.21. The number of amides is 1. The summed E-state index contributed by atoms with van der Waals surface area (Å²) in [5, 5.41) is 2.79. The SMILES string of the molecule is Cl.NCCCCCCC(=O)Nc1nc2ccccc2[nH]1. The van der Waals surface area contributed by atoms with Crippen LogP contribution in [0.1, 0.15) is 32.1 Å². The van der Waals surface area contributed by atoms with Crippen molar-refractivity contribution >= 4 is 35.3 Å². The predicted octanol–water partition coefficient (Wildman–Crippen LogP) is 2.83. The molecule has 0 radical (unpaired) electrons. The van der Waals surface area contributed by atoms with Gasteiger partial charge in [-0.05, 0) is 31.5 Å². The van der Waals surface area contributed by atoms with Gasteiger partial charge in [-0.1, -0.05) is 25.0 Å². The zero-order valence-electron chi connectivity index (χ0n) is 11.4. The van der Waals surface area contributed by atoms with E-state index in [4.69, 9.17) is 5.73 Å². The Morgan fingerprint density at radius 3 is 2.70 bits per heavy atom. The summed E-state index contributed by atoms with van der Waals surface area (Å²) in [6.45, 7) is 0.727. The van der Waals surface area contributed by atoms with Gasteiger partial charge in [-0.3, -0.25) is 10.1 Å². The highest BCUT2D eigenvalue weighted by Crippen LogP contribution is 2.13. The summed E-state index contributed by atoms with van der Waals surface area (Å²) in [7, 11) is 0. The molecule has 110 valence electrons. The first-order chi connectivity index (χ1) is 9.29. The predicted molar refractivity (Wildman–Crippen MR) is 84.1 cm³/mol. The van der Waals surface area contributed by atoms with Crippen molar-refractivity contribution < 1.29 is 4.79 Å². The highest BCUT2D eigenvalue weighted by Gasteiger charge is 2.06. The Bertz CT molecular complexity index is 508. The van der Waals surface area contributed by atoms with E-state index >= 15 is 0 Å². The molecule has 20 heavy (non-hydrogen) atoms. The minimum atomic E-state index is 0. The molecule has 0 aliphatic carbocycles. The number of carbonyl (C=O) groups is 1. The van der Waals surface area contributed by atoms with Crippen molar-refractivity contribution in [1.29, 1.82) is 0 Å². The molecule has 0 aliphatic heterocycles. The van der Waals surface area contributed by atoms with Crippen LogP contribution in [0.15, 0.2) is 24.3 Å². The first-order valence-corrected chi connectivity index (χ1v) is 6.74. The number of para-hydroxylation sites is 2. The number of benzene rings is 1. The zero-order chi connectivity index (χ0) is 13.5. The fourth-order valence-corrected chi connectivity index (χ4v) is 1.99. The Kier molecular flexibility index (Phi) is 7.04. The Morgan fingerprint density at radius 1 is 1.20 bits per heavy atom. The minimum absolute atomic E-state index is 0. The van der Waals surface area contributed by atoms with Crippen LogP contribution < -0.4 is 11.1 Å². The molecule has 0 saturated heterocycles. The first-order valence-electron chi connectivity index (χ1n) is 6.74. The minimum Gasteiger partial charge on any atom is -0.330 e. The van der Waals surface area contributed by atoms with Crippen molar-refractivity contribution in [1.82, 2.24) is 9.97 Å². The second-order valence-electron chi connectivity index (χ2n) is 4.60. The standard InChI is InChI=1S/C14H20N4O.ClH/c15-10-6-2-1-3-9-13(19)18-14-16-11-7-4-5-8-12(11)17-14;/h4-5,7-8H,1-3,6,9-10,15H2,(H2,16,17,18,19);1H.